The Morgan fingerprint density at radius 2 is 2.00 bits per heavy atom. The second kappa shape index (κ2) is 5.43. The summed E-state index contributed by atoms with van der Waals surface area (Å²) in [4.78, 5) is 14.6. The lowest BCUT2D eigenvalue weighted by Gasteiger charge is -2.19. The fourth-order valence-corrected chi connectivity index (χ4v) is 2.35. The van der Waals surface area contributed by atoms with E-state index in [2.05, 4.69) is 4.99 Å². The Bertz CT molecular complexity index is 516. The summed E-state index contributed by atoms with van der Waals surface area (Å²) in [5.74, 6) is 1.36. The molecule has 1 aromatic carbocycles. The first-order valence-corrected chi connectivity index (χ1v) is 6.04. The standard InChI is InChI=1S/C14H17NO4/c1-17-8-10-6-11(18-2)7-12(19-3)13(10)14(4-5-14)15-9-16/h6-7H,4-5,8H2,1-3H3. The molecule has 1 aliphatic rings. The van der Waals surface area contributed by atoms with Gasteiger partial charge in [-0.3, -0.25) is 0 Å². The van der Waals surface area contributed by atoms with E-state index in [-0.39, 0.29) is 0 Å². The quantitative estimate of drug-likeness (QED) is 0.583. The molecule has 1 aliphatic carbocycles. The van der Waals surface area contributed by atoms with Crippen molar-refractivity contribution in [2.45, 2.75) is 25.0 Å². The van der Waals surface area contributed by atoms with Crippen molar-refractivity contribution in [3.63, 3.8) is 0 Å². The van der Waals surface area contributed by atoms with Gasteiger partial charge in [0, 0.05) is 18.7 Å². The molecule has 0 aromatic heterocycles. The number of isocyanates is 1. The van der Waals surface area contributed by atoms with Gasteiger partial charge in [0.1, 0.15) is 17.0 Å². The van der Waals surface area contributed by atoms with Crippen LogP contribution < -0.4 is 9.47 Å². The fraction of sp³-hybridized carbons (Fsp3) is 0.500. The molecule has 0 unspecified atom stereocenters. The van der Waals surface area contributed by atoms with E-state index >= 15 is 0 Å². The van der Waals surface area contributed by atoms with Crippen molar-refractivity contribution in [1.29, 1.82) is 0 Å². The Kier molecular flexibility index (Phi) is 3.88. The van der Waals surface area contributed by atoms with Gasteiger partial charge < -0.3 is 14.2 Å². The number of carbonyl (C=O) groups excluding carboxylic acids is 1. The van der Waals surface area contributed by atoms with Gasteiger partial charge in [-0.1, -0.05) is 0 Å². The number of hydrogen-bond acceptors (Lipinski definition) is 5. The van der Waals surface area contributed by atoms with E-state index in [1.54, 1.807) is 33.5 Å². The molecule has 0 heterocycles. The highest BCUT2D eigenvalue weighted by atomic mass is 16.5. The maximum atomic E-state index is 10.6. The SMILES string of the molecule is COCc1cc(OC)cc(OC)c1C1(N=C=O)CC1. The Morgan fingerprint density at radius 1 is 1.26 bits per heavy atom. The average molecular weight is 263 g/mol. The maximum absolute atomic E-state index is 10.6. The van der Waals surface area contributed by atoms with Crippen LogP contribution in [0.5, 0.6) is 11.5 Å². The van der Waals surface area contributed by atoms with Gasteiger partial charge in [-0.15, -0.1) is 0 Å². The van der Waals surface area contributed by atoms with Crippen LogP contribution in [-0.2, 0) is 21.7 Å². The highest BCUT2D eigenvalue weighted by molar-refractivity contribution is 5.54. The zero-order chi connectivity index (χ0) is 13.9. The predicted octanol–water partition coefficient (Wildman–Crippen LogP) is 2.18. The number of hydrogen-bond donors (Lipinski definition) is 0. The lowest BCUT2D eigenvalue weighted by molar-refractivity contribution is 0.183. The van der Waals surface area contributed by atoms with Crippen molar-refractivity contribution in [2.24, 2.45) is 4.99 Å². The van der Waals surface area contributed by atoms with E-state index in [0.717, 1.165) is 24.0 Å². The number of rotatable bonds is 6. The normalized spacial score (nSPS) is 15.5. The number of benzene rings is 1. The first kappa shape index (κ1) is 13.6. The van der Waals surface area contributed by atoms with Gasteiger partial charge in [0.2, 0.25) is 6.08 Å². The van der Waals surface area contributed by atoms with Crippen LogP contribution in [0.3, 0.4) is 0 Å². The Balaban J connectivity index is 2.59. The molecule has 0 spiro atoms. The number of aliphatic imine (C=N–C) groups is 1. The molecule has 0 atom stereocenters. The molecule has 1 fully saturated rings. The Hall–Kier alpha value is -1.84. The second-order valence-corrected chi connectivity index (χ2v) is 4.53. The van der Waals surface area contributed by atoms with Gasteiger partial charge in [0.25, 0.3) is 0 Å². The molecule has 0 amide bonds. The number of nitrogens with zero attached hydrogens (tertiary/aromatic N) is 1. The summed E-state index contributed by atoms with van der Waals surface area (Å²) in [6.45, 7) is 0.416. The molecule has 5 heteroatoms. The highest BCUT2D eigenvalue weighted by Crippen LogP contribution is 2.54. The summed E-state index contributed by atoms with van der Waals surface area (Å²) >= 11 is 0. The maximum Gasteiger partial charge on any atom is 0.235 e. The van der Waals surface area contributed by atoms with Crippen molar-refractivity contribution in [3.05, 3.63) is 23.3 Å². The molecule has 102 valence electrons. The third kappa shape index (κ3) is 2.48. The largest absolute Gasteiger partial charge is 0.497 e. The minimum Gasteiger partial charge on any atom is -0.497 e. The van der Waals surface area contributed by atoms with E-state index in [4.69, 9.17) is 14.2 Å². The second-order valence-electron chi connectivity index (χ2n) is 4.53. The number of ether oxygens (including phenoxy) is 3. The summed E-state index contributed by atoms with van der Waals surface area (Å²) in [5, 5.41) is 0. The molecule has 5 nitrogen and oxygen atoms in total. The first-order valence-electron chi connectivity index (χ1n) is 6.04. The molecule has 2 rings (SSSR count). The summed E-state index contributed by atoms with van der Waals surface area (Å²) in [5.41, 5.74) is 1.34. The molecule has 19 heavy (non-hydrogen) atoms. The van der Waals surface area contributed by atoms with Crippen LogP contribution in [0, 0.1) is 0 Å². The van der Waals surface area contributed by atoms with Crippen molar-refractivity contribution in [3.8, 4) is 11.5 Å². The van der Waals surface area contributed by atoms with Crippen LogP contribution in [0.2, 0.25) is 0 Å². The lowest BCUT2D eigenvalue weighted by atomic mass is 9.97. The van der Waals surface area contributed by atoms with Gasteiger partial charge in [-0.05, 0) is 24.5 Å². The molecule has 1 aromatic rings. The third-order valence-electron chi connectivity index (χ3n) is 3.36. The minimum atomic E-state index is -0.493. The monoisotopic (exact) mass is 263 g/mol. The third-order valence-corrected chi connectivity index (χ3v) is 3.36. The van der Waals surface area contributed by atoms with Gasteiger partial charge in [0.15, 0.2) is 0 Å². The van der Waals surface area contributed by atoms with Crippen molar-refractivity contribution in [1.82, 2.24) is 0 Å². The highest BCUT2D eigenvalue weighted by Gasteiger charge is 2.48. The summed E-state index contributed by atoms with van der Waals surface area (Å²) in [7, 11) is 4.81. The summed E-state index contributed by atoms with van der Waals surface area (Å²) in [6.07, 6.45) is 3.31. The van der Waals surface area contributed by atoms with E-state index in [1.165, 1.54) is 0 Å². The van der Waals surface area contributed by atoms with E-state index in [9.17, 15) is 4.79 Å². The summed E-state index contributed by atoms with van der Waals surface area (Å²) in [6, 6.07) is 3.69. The van der Waals surface area contributed by atoms with Crippen LogP contribution in [0.1, 0.15) is 24.0 Å². The van der Waals surface area contributed by atoms with Gasteiger partial charge >= 0.3 is 0 Å². The minimum absolute atomic E-state index is 0.416. The van der Waals surface area contributed by atoms with Crippen LogP contribution in [0.4, 0.5) is 0 Å². The Labute approximate surface area is 112 Å². The zero-order valence-electron chi connectivity index (χ0n) is 11.4. The molecule has 0 saturated heterocycles. The van der Waals surface area contributed by atoms with E-state index in [1.807, 2.05) is 6.07 Å². The van der Waals surface area contributed by atoms with Crippen molar-refractivity contribution < 1.29 is 19.0 Å². The topological polar surface area (TPSA) is 57.1 Å². The van der Waals surface area contributed by atoms with Gasteiger partial charge in [-0.2, -0.15) is 4.99 Å². The summed E-state index contributed by atoms with van der Waals surface area (Å²) < 4.78 is 15.9. The average Bonchev–Trinajstić information content (AvgIpc) is 3.19. The van der Waals surface area contributed by atoms with Crippen LogP contribution in [0.25, 0.3) is 0 Å². The van der Waals surface area contributed by atoms with Gasteiger partial charge in [-0.25, -0.2) is 4.79 Å². The lowest BCUT2D eigenvalue weighted by Crippen LogP contribution is -2.10. The molecule has 0 bridgehead atoms. The zero-order valence-corrected chi connectivity index (χ0v) is 11.4. The first-order chi connectivity index (χ1) is 9.20. The van der Waals surface area contributed by atoms with Crippen LogP contribution >= 0.6 is 0 Å². The molecular formula is C14H17NO4. The molecule has 1 saturated carbocycles. The van der Waals surface area contributed by atoms with Crippen molar-refractivity contribution >= 4 is 6.08 Å². The van der Waals surface area contributed by atoms with Crippen LogP contribution in [-0.4, -0.2) is 27.4 Å². The smallest absolute Gasteiger partial charge is 0.235 e. The van der Waals surface area contributed by atoms with Crippen LogP contribution in [0.15, 0.2) is 17.1 Å². The predicted molar refractivity (Wildman–Crippen MR) is 69.3 cm³/mol. The van der Waals surface area contributed by atoms with E-state index < -0.39 is 5.54 Å². The molecular weight excluding hydrogens is 246 g/mol. The molecule has 0 N–H and O–H groups in total. The fourth-order valence-electron chi connectivity index (χ4n) is 2.35. The van der Waals surface area contributed by atoms with E-state index in [0.29, 0.717) is 18.1 Å². The number of methoxy groups -OCH3 is 3. The molecule has 0 aliphatic heterocycles. The van der Waals surface area contributed by atoms with Gasteiger partial charge in [0.05, 0.1) is 20.8 Å². The molecule has 0 radical (unpaired) electrons. The van der Waals surface area contributed by atoms with Crippen molar-refractivity contribution in [2.75, 3.05) is 21.3 Å². The Morgan fingerprint density at radius 3 is 2.47 bits per heavy atom.